The van der Waals surface area contributed by atoms with Crippen molar-refractivity contribution in [3.8, 4) is 5.75 Å². The molecule has 0 aromatic heterocycles. The molecule has 0 saturated carbocycles. The van der Waals surface area contributed by atoms with Gasteiger partial charge in [0.05, 0.1) is 11.0 Å². The lowest BCUT2D eigenvalue weighted by Crippen LogP contribution is -2.20. The van der Waals surface area contributed by atoms with Crippen LogP contribution in [0.15, 0.2) is 12.1 Å². The molecule has 0 aliphatic rings. The Balaban J connectivity index is 3.01. The molecule has 1 amide bonds. The minimum absolute atomic E-state index is 0.234. The molecule has 1 rings (SSSR count). The van der Waals surface area contributed by atoms with Crippen molar-refractivity contribution in [2.75, 3.05) is 6.61 Å². The van der Waals surface area contributed by atoms with Crippen molar-refractivity contribution < 1.29 is 18.8 Å². The summed E-state index contributed by atoms with van der Waals surface area (Å²) in [5, 5.41) is 10.5. The van der Waals surface area contributed by atoms with Crippen LogP contribution in [0.2, 0.25) is 0 Å². The van der Waals surface area contributed by atoms with E-state index in [4.69, 9.17) is 10.5 Å². The van der Waals surface area contributed by atoms with Gasteiger partial charge in [0, 0.05) is 5.56 Å². The number of nitro benzene ring substituents is 1. The molecule has 0 fully saturated rings. The maximum absolute atomic E-state index is 13.3. The van der Waals surface area contributed by atoms with Crippen LogP contribution in [0.5, 0.6) is 5.75 Å². The molecule has 0 radical (unpaired) electrons. The van der Waals surface area contributed by atoms with E-state index in [0.717, 1.165) is 12.1 Å². The fraction of sp³-hybridized carbons (Fsp3) is 0.222. The number of hydrogen-bond donors (Lipinski definition) is 1. The Morgan fingerprint density at radius 1 is 1.62 bits per heavy atom. The molecular weight excluding hydrogens is 219 g/mol. The number of nitrogens with zero attached hydrogens (tertiary/aromatic N) is 1. The van der Waals surface area contributed by atoms with E-state index in [-0.39, 0.29) is 17.0 Å². The predicted octanol–water partition coefficient (Wildman–Crippen LogP) is 0.906. The third-order valence-electron chi connectivity index (χ3n) is 1.82. The number of carbonyl (C=O) groups is 1. The molecule has 0 unspecified atom stereocenters. The highest BCUT2D eigenvalue weighted by Crippen LogP contribution is 2.26. The zero-order chi connectivity index (χ0) is 12.3. The van der Waals surface area contributed by atoms with E-state index in [0.29, 0.717) is 0 Å². The Kier molecular flexibility index (Phi) is 3.39. The van der Waals surface area contributed by atoms with Crippen molar-refractivity contribution in [1.82, 2.24) is 0 Å². The predicted molar refractivity (Wildman–Crippen MR) is 52.5 cm³/mol. The molecule has 7 heteroatoms. The quantitative estimate of drug-likeness (QED) is 0.611. The van der Waals surface area contributed by atoms with Crippen LogP contribution in [0, 0.1) is 22.9 Å². The number of primary amides is 1. The summed E-state index contributed by atoms with van der Waals surface area (Å²) in [6.07, 6.45) is 0. The molecule has 0 aliphatic carbocycles. The second-order valence-electron chi connectivity index (χ2n) is 3.08. The van der Waals surface area contributed by atoms with E-state index in [1.54, 1.807) is 0 Å². The smallest absolute Gasteiger partial charge is 0.275 e. The summed E-state index contributed by atoms with van der Waals surface area (Å²) >= 11 is 0. The van der Waals surface area contributed by atoms with Gasteiger partial charge in [-0.2, -0.15) is 0 Å². The topological polar surface area (TPSA) is 95.5 Å². The number of nitrogens with two attached hydrogens (primary N) is 1. The Hall–Kier alpha value is -2.18. The summed E-state index contributed by atoms with van der Waals surface area (Å²) in [7, 11) is 0. The third kappa shape index (κ3) is 2.66. The van der Waals surface area contributed by atoms with E-state index in [1.165, 1.54) is 6.92 Å². The highest BCUT2D eigenvalue weighted by Gasteiger charge is 2.16. The summed E-state index contributed by atoms with van der Waals surface area (Å²) in [4.78, 5) is 20.2. The molecule has 0 aliphatic heterocycles. The Morgan fingerprint density at radius 3 is 2.75 bits per heavy atom. The van der Waals surface area contributed by atoms with Crippen LogP contribution in [0.25, 0.3) is 0 Å². The summed E-state index contributed by atoms with van der Waals surface area (Å²) in [5.74, 6) is -1.89. The van der Waals surface area contributed by atoms with Gasteiger partial charge in [-0.15, -0.1) is 0 Å². The van der Waals surface area contributed by atoms with Crippen molar-refractivity contribution in [2.45, 2.75) is 6.92 Å². The molecule has 86 valence electrons. The van der Waals surface area contributed by atoms with E-state index in [2.05, 4.69) is 0 Å². The highest BCUT2D eigenvalue weighted by atomic mass is 19.1. The number of rotatable bonds is 4. The van der Waals surface area contributed by atoms with Crippen molar-refractivity contribution >= 4 is 11.6 Å². The van der Waals surface area contributed by atoms with Gasteiger partial charge in [-0.05, 0) is 13.0 Å². The molecule has 0 bridgehead atoms. The Labute approximate surface area is 90.0 Å². The summed E-state index contributed by atoms with van der Waals surface area (Å²) in [6, 6.07) is 1.89. The summed E-state index contributed by atoms with van der Waals surface area (Å²) < 4.78 is 18.0. The average Bonchev–Trinajstić information content (AvgIpc) is 2.18. The number of halogens is 1. The van der Waals surface area contributed by atoms with Crippen molar-refractivity contribution in [2.24, 2.45) is 5.73 Å². The van der Waals surface area contributed by atoms with Crippen LogP contribution in [-0.4, -0.2) is 17.4 Å². The molecule has 0 saturated heterocycles. The molecule has 0 spiro atoms. The van der Waals surface area contributed by atoms with E-state index in [1.807, 2.05) is 0 Å². The number of amides is 1. The number of ether oxygens (including phenoxy) is 1. The average molecular weight is 228 g/mol. The van der Waals surface area contributed by atoms with Gasteiger partial charge >= 0.3 is 0 Å². The first kappa shape index (κ1) is 11.9. The number of aryl methyl sites for hydroxylation is 1. The maximum atomic E-state index is 13.3. The number of carbonyl (C=O) groups excluding carboxylic acids is 1. The monoisotopic (exact) mass is 228 g/mol. The van der Waals surface area contributed by atoms with E-state index >= 15 is 0 Å². The molecular formula is C9H9FN2O4. The van der Waals surface area contributed by atoms with Gasteiger partial charge in [0.1, 0.15) is 0 Å². The first-order valence-electron chi connectivity index (χ1n) is 4.27. The molecule has 2 N–H and O–H groups in total. The van der Waals surface area contributed by atoms with Crippen molar-refractivity contribution in [3.05, 3.63) is 33.6 Å². The lowest BCUT2D eigenvalue weighted by molar-refractivity contribution is -0.385. The van der Waals surface area contributed by atoms with Gasteiger partial charge < -0.3 is 10.5 Å². The lowest BCUT2D eigenvalue weighted by atomic mass is 10.2. The van der Waals surface area contributed by atoms with Gasteiger partial charge in [-0.25, -0.2) is 4.39 Å². The largest absolute Gasteiger partial charge is 0.481 e. The number of nitro groups is 1. The Morgan fingerprint density at radius 2 is 2.25 bits per heavy atom. The minimum Gasteiger partial charge on any atom is -0.481 e. The van der Waals surface area contributed by atoms with Crippen LogP contribution in [0.4, 0.5) is 10.1 Å². The second-order valence-corrected chi connectivity index (χ2v) is 3.08. The molecule has 0 heterocycles. The number of hydrogen-bond acceptors (Lipinski definition) is 4. The van der Waals surface area contributed by atoms with Crippen molar-refractivity contribution in [1.29, 1.82) is 0 Å². The fourth-order valence-corrected chi connectivity index (χ4v) is 1.10. The van der Waals surface area contributed by atoms with Gasteiger partial charge in [-0.3, -0.25) is 14.9 Å². The standard InChI is InChI=1S/C9H9FN2O4/c1-5-2-8(16-4-9(11)13)6(10)3-7(5)12(14)15/h2-3H,4H2,1H3,(H2,11,13). The van der Waals surface area contributed by atoms with Gasteiger partial charge in [-0.1, -0.05) is 0 Å². The third-order valence-corrected chi connectivity index (χ3v) is 1.82. The SMILES string of the molecule is Cc1cc(OCC(N)=O)c(F)cc1[N+](=O)[O-]. The Bertz CT molecular complexity index is 447. The normalized spacial score (nSPS) is 9.88. The summed E-state index contributed by atoms with van der Waals surface area (Å²) in [5.41, 5.74) is 4.71. The molecule has 0 atom stereocenters. The van der Waals surface area contributed by atoms with E-state index < -0.39 is 23.3 Å². The van der Waals surface area contributed by atoms with Gasteiger partial charge in [0.15, 0.2) is 18.2 Å². The van der Waals surface area contributed by atoms with Crippen LogP contribution < -0.4 is 10.5 Å². The van der Waals surface area contributed by atoms with Gasteiger partial charge in [0.25, 0.3) is 11.6 Å². The van der Waals surface area contributed by atoms with Gasteiger partial charge in [0.2, 0.25) is 0 Å². The first-order valence-corrected chi connectivity index (χ1v) is 4.27. The zero-order valence-electron chi connectivity index (χ0n) is 8.40. The van der Waals surface area contributed by atoms with Crippen LogP contribution >= 0.6 is 0 Å². The van der Waals surface area contributed by atoms with Crippen LogP contribution in [-0.2, 0) is 4.79 Å². The maximum Gasteiger partial charge on any atom is 0.275 e. The zero-order valence-corrected chi connectivity index (χ0v) is 8.40. The van der Waals surface area contributed by atoms with Crippen molar-refractivity contribution in [3.63, 3.8) is 0 Å². The molecule has 1 aromatic rings. The van der Waals surface area contributed by atoms with Crippen LogP contribution in [0.3, 0.4) is 0 Å². The van der Waals surface area contributed by atoms with Crippen LogP contribution in [0.1, 0.15) is 5.56 Å². The lowest BCUT2D eigenvalue weighted by Gasteiger charge is -2.06. The highest BCUT2D eigenvalue weighted by molar-refractivity contribution is 5.75. The first-order chi connectivity index (χ1) is 7.41. The number of benzene rings is 1. The minimum atomic E-state index is -0.904. The molecule has 1 aromatic carbocycles. The van der Waals surface area contributed by atoms with E-state index in [9.17, 15) is 19.3 Å². The molecule has 16 heavy (non-hydrogen) atoms. The fourth-order valence-electron chi connectivity index (χ4n) is 1.10. The summed E-state index contributed by atoms with van der Waals surface area (Å²) in [6.45, 7) is 0.961. The molecule has 6 nitrogen and oxygen atoms in total. The second kappa shape index (κ2) is 4.56.